The van der Waals surface area contributed by atoms with E-state index in [-0.39, 0.29) is 29.4 Å². The minimum atomic E-state index is 0.0392. The first kappa shape index (κ1) is 15.5. The highest BCUT2D eigenvalue weighted by molar-refractivity contribution is 7.12. The van der Waals surface area contributed by atoms with Crippen molar-refractivity contribution < 1.29 is 4.79 Å². The molecule has 0 spiro atoms. The summed E-state index contributed by atoms with van der Waals surface area (Å²) in [6.45, 7) is 10.8. The molecule has 0 aliphatic carbocycles. The molecule has 2 rings (SSSR count). The topological polar surface area (TPSA) is 46.3 Å². The number of carbonyl (C=O) groups excluding carboxylic acids is 1. The molecular weight excluding hydrogens is 268 g/mol. The Hall–Kier alpha value is -0.870. The molecule has 2 unspecified atom stereocenters. The van der Waals surface area contributed by atoms with Gasteiger partial charge in [-0.15, -0.1) is 11.3 Å². The Morgan fingerprint density at radius 3 is 2.50 bits per heavy atom. The molecule has 4 heteroatoms. The number of piperidine rings is 1. The first-order valence-corrected chi connectivity index (χ1v) is 8.20. The molecular formula is C16H26N2OS. The fraction of sp³-hybridized carbons (Fsp3) is 0.688. The van der Waals surface area contributed by atoms with Crippen LogP contribution in [0.2, 0.25) is 0 Å². The van der Waals surface area contributed by atoms with Gasteiger partial charge in [0.2, 0.25) is 5.91 Å². The lowest BCUT2D eigenvalue weighted by Gasteiger charge is -2.41. The van der Waals surface area contributed by atoms with Crippen molar-refractivity contribution >= 4 is 17.2 Å². The molecule has 0 bridgehead atoms. The second kappa shape index (κ2) is 5.49. The van der Waals surface area contributed by atoms with Crippen LogP contribution in [0.25, 0.3) is 0 Å². The van der Waals surface area contributed by atoms with E-state index in [1.165, 1.54) is 9.75 Å². The summed E-state index contributed by atoms with van der Waals surface area (Å²) in [4.78, 5) is 16.8. The van der Waals surface area contributed by atoms with E-state index in [4.69, 9.17) is 5.73 Å². The first-order valence-electron chi connectivity index (χ1n) is 7.38. The average molecular weight is 294 g/mol. The zero-order chi connectivity index (χ0) is 15.1. The van der Waals surface area contributed by atoms with Gasteiger partial charge in [-0.05, 0) is 37.8 Å². The summed E-state index contributed by atoms with van der Waals surface area (Å²) < 4.78 is 0. The van der Waals surface area contributed by atoms with E-state index in [0.717, 1.165) is 6.42 Å². The van der Waals surface area contributed by atoms with E-state index in [1.54, 1.807) is 11.3 Å². The van der Waals surface area contributed by atoms with E-state index in [0.29, 0.717) is 6.42 Å². The normalized spacial score (nSPS) is 24.6. The predicted molar refractivity (Wildman–Crippen MR) is 85.0 cm³/mol. The monoisotopic (exact) mass is 294 g/mol. The number of amides is 1. The Kier molecular flexibility index (Phi) is 4.26. The molecule has 112 valence electrons. The van der Waals surface area contributed by atoms with Crippen LogP contribution < -0.4 is 5.73 Å². The van der Waals surface area contributed by atoms with Crippen molar-refractivity contribution in [1.82, 2.24) is 4.90 Å². The summed E-state index contributed by atoms with van der Waals surface area (Å²) >= 11 is 1.80. The molecule has 1 fully saturated rings. The maximum Gasteiger partial charge on any atom is 0.223 e. The molecule has 2 atom stereocenters. The number of nitrogens with zero attached hydrogens (tertiary/aromatic N) is 1. The maximum atomic E-state index is 12.2. The summed E-state index contributed by atoms with van der Waals surface area (Å²) in [5.74, 6) is 0.234. The van der Waals surface area contributed by atoms with Gasteiger partial charge in [0.15, 0.2) is 0 Å². The van der Waals surface area contributed by atoms with Gasteiger partial charge in [-0.2, -0.15) is 0 Å². The van der Waals surface area contributed by atoms with Gasteiger partial charge in [-0.3, -0.25) is 4.79 Å². The van der Waals surface area contributed by atoms with Crippen LogP contribution in [-0.2, 0) is 10.2 Å². The van der Waals surface area contributed by atoms with Crippen LogP contribution in [0, 0.1) is 0 Å². The van der Waals surface area contributed by atoms with Crippen molar-refractivity contribution in [3.05, 3.63) is 21.9 Å². The Bertz CT molecular complexity index is 487. The van der Waals surface area contributed by atoms with Crippen molar-refractivity contribution in [2.45, 2.75) is 71.0 Å². The number of nitrogens with two attached hydrogens (primary N) is 1. The lowest BCUT2D eigenvalue weighted by Crippen LogP contribution is -2.51. The van der Waals surface area contributed by atoms with Crippen molar-refractivity contribution in [2.24, 2.45) is 5.73 Å². The van der Waals surface area contributed by atoms with Crippen LogP contribution >= 0.6 is 11.3 Å². The van der Waals surface area contributed by atoms with Gasteiger partial charge in [-0.25, -0.2) is 0 Å². The molecule has 0 saturated carbocycles. The molecule has 1 aromatic rings. The lowest BCUT2D eigenvalue weighted by molar-refractivity contribution is -0.139. The Balaban J connectivity index is 2.36. The van der Waals surface area contributed by atoms with Gasteiger partial charge in [-0.1, -0.05) is 20.8 Å². The fourth-order valence-corrected chi connectivity index (χ4v) is 4.05. The number of rotatable bonds is 2. The molecule has 1 amide bonds. The first-order chi connectivity index (χ1) is 9.21. The highest BCUT2D eigenvalue weighted by atomic mass is 32.1. The van der Waals surface area contributed by atoms with Gasteiger partial charge >= 0.3 is 0 Å². The van der Waals surface area contributed by atoms with Gasteiger partial charge in [0.1, 0.15) is 0 Å². The van der Waals surface area contributed by atoms with Crippen LogP contribution in [0.3, 0.4) is 0 Å². The Morgan fingerprint density at radius 2 is 2.00 bits per heavy atom. The van der Waals surface area contributed by atoms with Gasteiger partial charge < -0.3 is 10.6 Å². The third-order valence-corrected chi connectivity index (χ3v) is 5.48. The third kappa shape index (κ3) is 2.91. The van der Waals surface area contributed by atoms with Crippen molar-refractivity contribution in [1.29, 1.82) is 0 Å². The lowest BCUT2D eigenvalue weighted by atomic mass is 9.93. The molecule has 2 heterocycles. The van der Waals surface area contributed by atoms with Gasteiger partial charge in [0.05, 0.1) is 6.04 Å². The van der Waals surface area contributed by atoms with Crippen LogP contribution in [0.4, 0.5) is 0 Å². The average Bonchev–Trinajstić information content (AvgIpc) is 2.80. The van der Waals surface area contributed by atoms with Crippen LogP contribution in [0.1, 0.15) is 63.3 Å². The third-order valence-electron chi connectivity index (χ3n) is 3.90. The standard InChI is InChI=1S/C16H26N2OS/c1-10(2)18-14(19)9-6-11(17)15(18)12-7-8-13(20-12)16(3,4)5/h7-8,10-11,15H,6,9,17H2,1-5H3. The maximum absolute atomic E-state index is 12.2. The molecule has 1 aromatic heterocycles. The summed E-state index contributed by atoms with van der Waals surface area (Å²) in [7, 11) is 0. The molecule has 1 aliphatic rings. The number of thiophene rings is 1. The molecule has 0 aromatic carbocycles. The molecule has 2 N–H and O–H groups in total. The van der Waals surface area contributed by atoms with E-state index in [1.807, 2.05) is 4.90 Å². The molecule has 3 nitrogen and oxygen atoms in total. The quantitative estimate of drug-likeness (QED) is 0.908. The smallest absolute Gasteiger partial charge is 0.223 e. The Labute approximate surface area is 126 Å². The van der Waals surface area contributed by atoms with Crippen molar-refractivity contribution in [2.75, 3.05) is 0 Å². The van der Waals surface area contributed by atoms with Gasteiger partial charge in [0.25, 0.3) is 0 Å². The van der Waals surface area contributed by atoms with Crippen molar-refractivity contribution in [3.8, 4) is 0 Å². The molecule has 1 aliphatic heterocycles. The zero-order valence-electron chi connectivity index (χ0n) is 13.1. The predicted octanol–water partition coefficient (Wildman–Crippen LogP) is 3.44. The summed E-state index contributed by atoms with van der Waals surface area (Å²) in [5.41, 5.74) is 6.48. The number of hydrogen-bond acceptors (Lipinski definition) is 3. The second-order valence-electron chi connectivity index (χ2n) is 6.99. The van der Waals surface area contributed by atoms with Gasteiger partial charge in [0, 0.05) is 28.3 Å². The summed E-state index contributed by atoms with van der Waals surface area (Å²) in [6, 6.07) is 4.62. The zero-order valence-corrected chi connectivity index (χ0v) is 14.0. The van der Waals surface area contributed by atoms with Crippen LogP contribution in [0.5, 0.6) is 0 Å². The van der Waals surface area contributed by atoms with E-state index >= 15 is 0 Å². The summed E-state index contributed by atoms with van der Waals surface area (Å²) in [5, 5.41) is 0. The number of carbonyl (C=O) groups is 1. The number of hydrogen-bond donors (Lipinski definition) is 1. The SMILES string of the molecule is CC(C)N1C(=O)CCC(N)C1c1ccc(C(C)(C)C)s1. The minimum Gasteiger partial charge on any atom is -0.331 e. The highest BCUT2D eigenvalue weighted by Gasteiger charge is 2.37. The van der Waals surface area contributed by atoms with Crippen LogP contribution in [0.15, 0.2) is 12.1 Å². The molecule has 0 radical (unpaired) electrons. The fourth-order valence-electron chi connectivity index (χ4n) is 2.81. The molecule has 1 saturated heterocycles. The van der Waals surface area contributed by atoms with E-state index < -0.39 is 0 Å². The van der Waals surface area contributed by atoms with Crippen molar-refractivity contribution in [3.63, 3.8) is 0 Å². The van der Waals surface area contributed by atoms with E-state index in [2.05, 4.69) is 46.8 Å². The summed E-state index contributed by atoms with van der Waals surface area (Å²) in [6.07, 6.45) is 1.36. The highest BCUT2D eigenvalue weighted by Crippen LogP contribution is 2.39. The van der Waals surface area contributed by atoms with E-state index in [9.17, 15) is 4.79 Å². The number of likely N-dealkylation sites (tertiary alicyclic amines) is 1. The Morgan fingerprint density at radius 1 is 1.35 bits per heavy atom. The minimum absolute atomic E-state index is 0.0392. The largest absolute Gasteiger partial charge is 0.331 e. The van der Waals surface area contributed by atoms with Crippen LogP contribution in [-0.4, -0.2) is 22.9 Å². The molecule has 20 heavy (non-hydrogen) atoms. The second-order valence-corrected chi connectivity index (χ2v) is 8.11.